The molecule has 0 aliphatic heterocycles. The topological polar surface area (TPSA) is 29.5 Å². The molecule has 0 rings (SSSR count). The summed E-state index contributed by atoms with van der Waals surface area (Å²) < 4.78 is 4.83. The molecule has 72 valence electrons. The maximum absolute atomic E-state index is 11.0. The average Bonchev–Trinajstić information content (AvgIpc) is 1.85. The van der Waals surface area contributed by atoms with E-state index >= 15 is 0 Å². The van der Waals surface area contributed by atoms with Crippen molar-refractivity contribution in [3.8, 4) is 0 Å². The number of hydrogen-bond donors (Lipinski definition) is 0. The third-order valence-electron chi connectivity index (χ3n) is 1.82. The minimum absolute atomic E-state index is 0.0206. The number of rotatable bonds is 3. The molecule has 0 aliphatic rings. The summed E-state index contributed by atoms with van der Waals surface area (Å²) in [7, 11) is 1.91. The number of carbonyl (C=O) groups is 1. The molecule has 0 aromatic heterocycles. The standard InChI is InChI=1S/C9H19NO2/c1-6-12-8(11)7-10(5)9(2,3)4/h6-7H2,1-5H3. The monoisotopic (exact) mass is 173 g/mol. The van der Waals surface area contributed by atoms with E-state index in [-0.39, 0.29) is 11.5 Å². The van der Waals surface area contributed by atoms with Crippen molar-refractivity contribution in [2.24, 2.45) is 0 Å². The largest absolute Gasteiger partial charge is 0.465 e. The summed E-state index contributed by atoms with van der Waals surface area (Å²) in [5.41, 5.74) is 0.0206. The highest BCUT2D eigenvalue weighted by molar-refractivity contribution is 5.71. The first-order valence-electron chi connectivity index (χ1n) is 4.24. The summed E-state index contributed by atoms with van der Waals surface area (Å²) in [5, 5.41) is 0. The molecule has 0 spiro atoms. The number of hydrogen-bond acceptors (Lipinski definition) is 3. The fourth-order valence-corrected chi connectivity index (χ4v) is 0.637. The Balaban J connectivity index is 3.84. The second-order valence-electron chi connectivity index (χ2n) is 3.83. The molecule has 0 N–H and O–H groups in total. The van der Waals surface area contributed by atoms with Crippen molar-refractivity contribution in [2.45, 2.75) is 33.2 Å². The third-order valence-corrected chi connectivity index (χ3v) is 1.82. The van der Waals surface area contributed by atoms with Gasteiger partial charge in [-0.1, -0.05) is 0 Å². The summed E-state index contributed by atoms with van der Waals surface area (Å²) in [6, 6.07) is 0. The van der Waals surface area contributed by atoms with Gasteiger partial charge in [0.25, 0.3) is 0 Å². The molecule has 0 aromatic rings. The molecule has 0 saturated carbocycles. The molecule has 0 aliphatic carbocycles. The van der Waals surface area contributed by atoms with Crippen LogP contribution in [-0.4, -0.2) is 36.6 Å². The summed E-state index contributed by atoms with van der Waals surface area (Å²) >= 11 is 0. The van der Waals surface area contributed by atoms with Crippen LogP contribution in [0.4, 0.5) is 0 Å². The van der Waals surface area contributed by atoms with Crippen molar-refractivity contribution in [1.82, 2.24) is 4.90 Å². The van der Waals surface area contributed by atoms with Crippen LogP contribution in [0.25, 0.3) is 0 Å². The lowest BCUT2D eigenvalue weighted by molar-refractivity contribution is -0.145. The van der Waals surface area contributed by atoms with E-state index in [0.29, 0.717) is 13.2 Å². The van der Waals surface area contributed by atoms with Gasteiger partial charge in [-0.3, -0.25) is 9.69 Å². The number of nitrogens with zero attached hydrogens (tertiary/aromatic N) is 1. The van der Waals surface area contributed by atoms with Crippen LogP contribution in [-0.2, 0) is 9.53 Å². The first-order valence-corrected chi connectivity index (χ1v) is 4.24. The molecular formula is C9H19NO2. The summed E-state index contributed by atoms with van der Waals surface area (Å²) in [6.07, 6.45) is 0. The van der Waals surface area contributed by atoms with Gasteiger partial charge in [0.2, 0.25) is 0 Å². The van der Waals surface area contributed by atoms with Gasteiger partial charge in [-0.15, -0.1) is 0 Å². The van der Waals surface area contributed by atoms with Crippen LogP contribution in [0, 0.1) is 0 Å². The Morgan fingerprint density at radius 2 is 1.92 bits per heavy atom. The molecule has 0 atom stereocenters. The third kappa shape index (κ3) is 4.34. The Labute approximate surface area is 74.7 Å². The van der Waals surface area contributed by atoms with Crippen LogP contribution in [0.15, 0.2) is 0 Å². The zero-order chi connectivity index (χ0) is 9.78. The minimum Gasteiger partial charge on any atom is -0.465 e. The van der Waals surface area contributed by atoms with Crippen molar-refractivity contribution in [3.05, 3.63) is 0 Å². The molecule has 3 heteroatoms. The van der Waals surface area contributed by atoms with Gasteiger partial charge in [0.05, 0.1) is 13.2 Å². The van der Waals surface area contributed by atoms with Gasteiger partial charge in [0.15, 0.2) is 0 Å². The van der Waals surface area contributed by atoms with Crippen LogP contribution in [0.1, 0.15) is 27.7 Å². The molecule has 12 heavy (non-hydrogen) atoms. The van der Waals surface area contributed by atoms with Crippen LogP contribution in [0.2, 0.25) is 0 Å². The number of esters is 1. The predicted molar refractivity (Wildman–Crippen MR) is 49.0 cm³/mol. The first kappa shape index (κ1) is 11.4. The van der Waals surface area contributed by atoms with Gasteiger partial charge in [-0.2, -0.15) is 0 Å². The van der Waals surface area contributed by atoms with E-state index < -0.39 is 0 Å². The molecule has 0 unspecified atom stereocenters. The molecule has 0 aromatic carbocycles. The Bertz CT molecular complexity index is 149. The smallest absolute Gasteiger partial charge is 0.320 e. The maximum atomic E-state index is 11.0. The van der Waals surface area contributed by atoms with E-state index in [2.05, 4.69) is 20.8 Å². The van der Waals surface area contributed by atoms with E-state index in [1.54, 1.807) is 0 Å². The van der Waals surface area contributed by atoms with Crippen LogP contribution in [0.3, 0.4) is 0 Å². The highest BCUT2D eigenvalue weighted by Gasteiger charge is 2.19. The molecular weight excluding hydrogens is 154 g/mol. The van der Waals surface area contributed by atoms with Crippen molar-refractivity contribution in [2.75, 3.05) is 20.2 Å². The van der Waals surface area contributed by atoms with E-state index in [1.807, 2.05) is 18.9 Å². The molecule has 0 radical (unpaired) electrons. The average molecular weight is 173 g/mol. The fraction of sp³-hybridized carbons (Fsp3) is 0.889. The predicted octanol–water partition coefficient (Wildman–Crippen LogP) is 1.28. The van der Waals surface area contributed by atoms with Crippen molar-refractivity contribution in [3.63, 3.8) is 0 Å². The van der Waals surface area contributed by atoms with Gasteiger partial charge in [-0.25, -0.2) is 0 Å². The lowest BCUT2D eigenvalue weighted by atomic mass is 10.1. The van der Waals surface area contributed by atoms with Gasteiger partial charge >= 0.3 is 5.97 Å². The Hall–Kier alpha value is -0.570. The second-order valence-corrected chi connectivity index (χ2v) is 3.83. The second kappa shape index (κ2) is 4.45. The van der Waals surface area contributed by atoms with E-state index in [0.717, 1.165) is 0 Å². The molecule has 0 bridgehead atoms. The van der Waals surface area contributed by atoms with Crippen LogP contribution in [0.5, 0.6) is 0 Å². The fourth-order valence-electron chi connectivity index (χ4n) is 0.637. The lowest BCUT2D eigenvalue weighted by Gasteiger charge is -2.30. The zero-order valence-corrected chi connectivity index (χ0v) is 8.68. The lowest BCUT2D eigenvalue weighted by Crippen LogP contribution is -2.41. The first-order chi connectivity index (χ1) is 5.38. The van der Waals surface area contributed by atoms with Crippen molar-refractivity contribution < 1.29 is 9.53 Å². The highest BCUT2D eigenvalue weighted by atomic mass is 16.5. The number of likely N-dealkylation sites (N-methyl/N-ethyl adjacent to an activating group) is 1. The molecule has 0 heterocycles. The summed E-state index contributed by atoms with van der Waals surface area (Å²) in [5.74, 6) is -0.157. The Morgan fingerprint density at radius 1 is 1.42 bits per heavy atom. The number of carbonyl (C=O) groups excluding carboxylic acids is 1. The molecule has 3 nitrogen and oxygen atoms in total. The van der Waals surface area contributed by atoms with Crippen molar-refractivity contribution in [1.29, 1.82) is 0 Å². The maximum Gasteiger partial charge on any atom is 0.320 e. The van der Waals surface area contributed by atoms with Crippen LogP contribution < -0.4 is 0 Å². The normalized spacial score (nSPS) is 11.8. The van der Waals surface area contributed by atoms with Crippen LogP contribution >= 0.6 is 0 Å². The zero-order valence-electron chi connectivity index (χ0n) is 8.68. The summed E-state index contributed by atoms with van der Waals surface area (Å²) in [4.78, 5) is 13.0. The minimum atomic E-state index is -0.157. The summed E-state index contributed by atoms with van der Waals surface area (Å²) in [6.45, 7) is 8.81. The Kier molecular flexibility index (Phi) is 4.24. The van der Waals surface area contributed by atoms with Gasteiger partial charge in [0, 0.05) is 5.54 Å². The van der Waals surface area contributed by atoms with Gasteiger partial charge in [0.1, 0.15) is 0 Å². The van der Waals surface area contributed by atoms with E-state index in [4.69, 9.17) is 4.74 Å². The SMILES string of the molecule is CCOC(=O)CN(C)C(C)(C)C. The van der Waals surface area contributed by atoms with Gasteiger partial charge in [-0.05, 0) is 34.7 Å². The van der Waals surface area contributed by atoms with Crippen molar-refractivity contribution >= 4 is 5.97 Å². The van der Waals surface area contributed by atoms with Gasteiger partial charge < -0.3 is 4.74 Å². The van der Waals surface area contributed by atoms with E-state index in [1.165, 1.54) is 0 Å². The number of ether oxygens (including phenoxy) is 1. The molecule has 0 saturated heterocycles. The molecule has 0 fully saturated rings. The molecule has 0 amide bonds. The quantitative estimate of drug-likeness (QED) is 0.602. The highest BCUT2D eigenvalue weighted by Crippen LogP contribution is 2.09. The van der Waals surface area contributed by atoms with E-state index in [9.17, 15) is 4.79 Å². The Morgan fingerprint density at radius 3 is 2.25 bits per heavy atom.